The normalized spacial score (nSPS) is 19.4. The van der Waals surface area contributed by atoms with E-state index in [1.54, 1.807) is 38.1 Å². The van der Waals surface area contributed by atoms with E-state index in [4.69, 9.17) is 4.42 Å². The van der Waals surface area contributed by atoms with Gasteiger partial charge in [-0.2, -0.15) is 4.31 Å². The second-order valence-electron chi connectivity index (χ2n) is 9.83. The van der Waals surface area contributed by atoms with Crippen molar-refractivity contribution in [1.29, 1.82) is 0 Å². The SMILES string of the molecule is C=CC(=O)NC1CC(C)(C)N(S(=O)(=O)c2ccc(NC(=O)c3cc4ccccc4o3)cc2)C1(C)C. The van der Waals surface area contributed by atoms with Gasteiger partial charge in [0.2, 0.25) is 15.9 Å². The van der Waals surface area contributed by atoms with Crippen LogP contribution in [0.2, 0.25) is 0 Å². The summed E-state index contributed by atoms with van der Waals surface area (Å²) in [6.45, 7) is 10.8. The van der Waals surface area contributed by atoms with Crippen LogP contribution in [-0.2, 0) is 14.8 Å². The minimum atomic E-state index is -3.92. The number of para-hydroxylation sites is 1. The largest absolute Gasteiger partial charge is 0.451 e. The zero-order valence-corrected chi connectivity index (χ0v) is 21.0. The number of rotatable bonds is 6. The monoisotopic (exact) mass is 495 g/mol. The highest BCUT2D eigenvalue weighted by atomic mass is 32.2. The number of nitrogens with one attached hydrogen (secondary N) is 2. The molecule has 0 bridgehead atoms. The highest BCUT2D eigenvalue weighted by Crippen LogP contribution is 2.44. The fraction of sp³-hybridized carbons (Fsp3) is 0.308. The number of amides is 2. The van der Waals surface area contributed by atoms with Crippen LogP contribution in [0.5, 0.6) is 0 Å². The van der Waals surface area contributed by atoms with Crippen LogP contribution in [-0.4, -0.2) is 41.7 Å². The zero-order valence-electron chi connectivity index (χ0n) is 20.2. The highest BCUT2D eigenvalue weighted by Gasteiger charge is 2.57. The summed E-state index contributed by atoms with van der Waals surface area (Å²) in [6.07, 6.45) is 1.63. The van der Waals surface area contributed by atoms with E-state index in [1.165, 1.54) is 22.5 Å². The van der Waals surface area contributed by atoms with E-state index in [9.17, 15) is 18.0 Å². The van der Waals surface area contributed by atoms with Crippen LogP contribution < -0.4 is 10.6 Å². The maximum Gasteiger partial charge on any atom is 0.291 e. The molecule has 2 aromatic carbocycles. The van der Waals surface area contributed by atoms with E-state index in [0.29, 0.717) is 17.7 Å². The molecule has 0 saturated carbocycles. The molecule has 1 unspecified atom stereocenters. The van der Waals surface area contributed by atoms with Crippen LogP contribution in [0, 0.1) is 0 Å². The molecule has 4 rings (SSSR count). The fourth-order valence-corrected chi connectivity index (χ4v) is 7.11. The Balaban J connectivity index is 1.56. The average Bonchev–Trinajstić information content (AvgIpc) is 3.29. The first kappa shape index (κ1) is 24.7. The summed E-state index contributed by atoms with van der Waals surface area (Å²) in [5, 5.41) is 6.42. The molecule has 8 nitrogen and oxygen atoms in total. The Hall–Kier alpha value is -3.43. The molecule has 1 aliphatic heterocycles. The molecule has 1 atom stereocenters. The number of fused-ring (bicyclic) bond motifs is 1. The maximum absolute atomic E-state index is 13.7. The van der Waals surface area contributed by atoms with Gasteiger partial charge >= 0.3 is 0 Å². The lowest BCUT2D eigenvalue weighted by atomic mass is 9.94. The Labute approximate surface area is 205 Å². The van der Waals surface area contributed by atoms with Crippen molar-refractivity contribution in [3.05, 3.63) is 73.0 Å². The molecule has 1 aliphatic rings. The van der Waals surface area contributed by atoms with E-state index < -0.39 is 27.0 Å². The number of hydrogen-bond donors (Lipinski definition) is 2. The van der Waals surface area contributed by atoms with Gasteiger partial charge in [0.05, 0.1) is 10.4 Å². The predicted molar refractivity (Wildman–Crippen MR) is 135 cm³/mol. The van der Waals surface area contributed by atoms with Crippen molar-refractivity contribution in [2.45, 2.75) is 56.1 Å². The van der Waals surface area contributed by atoms with Crippen LogP contribution in [0.4, 0.5) is 5.69 Å². The summed E-state index contributed by atoms with van der Waals surface area (Å²) >= 11 is 0. The van der Waals surface area contributed by atoms with E-state index in [1.807, 2.05) is 32.0 Å². The second kappa shape index (κ2) is 8.66. The molecule has 1 saturated heterocycles. The smallest absolute Gasteiger partial charge is 0.291 e. The highest BCUT2D eigenvalue weighted by molar-refractivity contribution is 7.89. The second-order valence-corrected chi connectivity index (χ2v) is 11.6. The molecule has 9 heteroatoms. The number of sulfonamides is 1. The summed E-state index contributed by atoms with van der Waals surface area (Å²) in [7, 11) is -3.92. The summed E-state index contributed by atoms with van der Waals surface area (Å²) in [6, 6.07) is 14.6. The predicted octanol–water partition coefficient (Wildman–Crippen LogP) is 4.31. The molecule has 2 amide bonds. The molecule has 0 spiro atoms. The third kappa shape index (κ3) is 4.49. The van der Waals surface area contributed by atoms with Crippen LogP contribution >= 0.6 is 0 Å². The number of nitrogens with zero attached hydrogens (tertiary/aromatic N) is 1. The van der Waals surface area contributed by atoms with E-state index in [-0.39, 0.29) is 22.6 Å². The van der Waals surface area contributed by atoms with E-state index >= 15 is 0 Å². The maximum atomic E-state index is 13.7. The number of anilines is 1. The van der Waals surface area contributed by atoms with Gasteiger partial charge in [0, 0.05) is 22.7 Å². The van der Waals surface area contributed by atoms with Gasteiger partial charge in [0.25, 0.3) is 5.91 Å². The lowest BCUT2D eigenvalue weighted by Crippen LogP contribution is -2.56. The standard InChI is InChI=1S/C26H29N3O5S/c1-6-23(30)28-22-16-25(2,3)29(26(22,4)5)35(32,33)19-13-11-18(12-14-19)27-24(31)21-15-17-9-7-8-10-20(17)34-21/h6-15,22H,1,16H2,2-5H3,(H,27,31)(H,28,30). The molecule has 35 heavy (non-hydrogen) atoms. The van der Waals surface area contributed by atoms with Crippen LogP contribution in [0.15, 0.2) is 76.6 Å². The van der Waals surface area contributed by atoms with Gasteiger partial charge in [-0.15, -0.1) is 0 Å². The van der Waals surface area contributed by atoms with Crippen molar-refractivity contribution in [1.82, 2.24) is 9.62 Å². The summed E-state index contributed by atoms with van der Waals surface area (Å²) in [5.74, 6) is -0.613. The lowest BCUT2D eigenvalue weighted by Gasteiger charge is -2.40. The lowest BCUT2D eigenvalue weighted by molar-refractivity contribution is -0.117. The fourth-order valence-electron chi connectivity index (χ4n) is 4.95. The minimum Gasteiger partial charge on any atom is -0.451 e. The molecule has 3 aromatic rings. The minimum absolute atomic E-state index is 0.0936. The first-order valence-corrected chi connectivity index (χ1v) is 12.7. The van der Waals surface area contributed by atoms with Gasteiger partial charge in [-0.3, -0.25) is 9.59 Å². The van der Waals surface area contributed by atoms with Gasteiger partial charge < -0.3 is 15.1 Å². The van der Waals surface area contributed by atoms with Gasteiger partial charge in [-0.25, -0.2) is 8.42 Å². The van der Waals surface area contributed by atoms with Gasteiger partial charge in [-0.05, 0) is 76.6 Å². The van der Waals surface area contributed by atoms with Crippen molar-refractivity contribution >= 4 is 38.5 Å². The molecule has 1 fully saturated rings. The number of carbonyl (C=O) groups excluding carboxylic acids is 2. The summed E-state index contributed by atoms with van der Waals surface area (Å²) in [5.41, 5.74) is -0.576. The molecule has 2 heterocycles. The Morgan fingerprint density at radius 3 is 2.37 bits per heavy atom. The first-order chi connectivity index (χ1) is 16.4. The molecule has 0 aliphatic carbocycles. The van der Waals surface area contributed by atoms with Gasteiger partial charge in [0.1, 0.15) is 5.58 Å². The van der Waals surface area contributed by atoms with Crippen molar-refractivity contribution in [2.75, 3.05) is 5.32 Å². The molecule has 0 radical (unpaired) electrons. The summed E-state index contributed by atoms with van der Waals surface area (Å²) in [4.78, 5) is 24.6. The molecule has 2 N–H and O–H groups in total. The van der Waals surface area contributed by atoms with Crippen molar-refractivity contribution < 1.29 is 22.4 Å². The topological polar surface area (TPSA) is 109 Å². The van der Waals surface area contributed by atoms with Gasteiger partial charge in [0.15, 0.2) is 5.76 Å². The Morgan fingerprint density at radius 1 is 1.09 bits per heavy atom. The Kier molecular flexibility index (Phi) is 6.11. The van der Waals surface area contributed by atoms with Crippen molar-refractivity contribution in [3.8, 4) is 0 Å². The molecular formula is C26H29N3O5S. The Bertz CT molecular complexity index is 1370. The number of carbonyl (C=O) groups is 2. The van der Waals surface area contributed by atoms with E-state index in [2.05, 4.69) is 17.2 Å². The zero-order chi connectivity index (χ0) is 25.6. The molecular weight excluding hydrogens is 466 g/mol. The van der Waals surface area contributed by atoms with E-state index in [0.717, 1.165) is 5.39 Å². The quantitative estimate of drug-likeness (QED) is 0.496. The van der Waals surface area contributed by atoms with Crippen LogP contribution in [0.25, 0.3) is 11.0 Å². The first-order valence-electron chi connectivity index (χ1n) is 11.2. The van der Waals surface area contributed by atoms with Crippen LogP contribution in [0.1, 0.15) is 44.7 Å². The molecule has 184 valence electrons. The average molecular weight is 496 g/mol. The third-order valence-electron chi connectivity index (χ3n) is 6.43. The van der Waals surface area contributed by atoms with Crippen molar-refractivity contribution in [3.63, 3.8) is 0 Å². The van der Waals surface area contributed by atoms with Gasteiger partial charge in [-0.1, -0.05) is 24.8 Å². The van der Waals surface area contributed by atoms with Crippen molar-refractivity contribution in [2.24, 2.45) is 0 Å². The van der Waals surface area contributed by atoms with Crippen LogP contribution in [0.3, 0.4) is 0 Å². The number of benzene rings is 2. The number of hydrogen-bond acceptors (Lipinski definition) is 5. The summed E-state index contributed by atoms with van der Waals surface area (Å²) < 4.78 is 34.5. The molecule has 1 aromatic heterocycles. The number of furan rings is 1. The Morgan fingerprint density at radius 2 is 1.74 bits per heavy atom. The third-order valence-corrected chi connectivity index (χ3v) is 8.74.